The summed E-state index contributed by atoms with van der Waals surface area (Å²) in [5, 5.41) is 8.80. The first-order valence-electron chi connectivity index (χ1n) is 6.28. The van der Waals surface area contributed by atoms with Crippen LogP contribution in [0.3, 0.4) is 0 Å². The van der Waals surface area contributed by atoms with Crippen LogP contribution < -0.4 is 4.18 Å². The highest BCUT2D eigenvalue weighted by atomic mass is 32.2. The normalized spacial score (nSPS) is 11.2. The highest BCUT2D eigenvalue weighted by Gasteiger charge is 2.22. The monoisotopic (exact) mass is 331 g/mol. The molecular formula is C13H17NO7S. The van der Waals surface area contributed by atoms with Gasteiger partial charge in [0.2, 0.25) is 0 Å². The lowest BCUT2D eigenvalue weighted by Gasteiger charge is -2.17. The molecule has 0 spiro atoms. The van der Waals surface area contributed by atoms with Gasteiger partial charge in [-0.2, -0.15) is 12.7 Å². The molecule has 0 unspecified atom stereocenters. The van der Waals surface area contributed by atoms with Gasteiger partial charge >= 0.3 is 22.2 Å². The summed E-state index contributed by atoms with van der Waals surface area (Å²) in [5.74, 6) is -1.71. The summed E-state index contributed by atoms with van der Waals surface area (Å²) in [4.78, 5) is 21.8. The van der Waals surface area contributed by atoms with Gasteiger partial charge in [0.05, 0.1) is 20.0 Å². The maximum Gasteiger partial charge on any atom is 0.384 e. The maximum atomic E-state index is 12.0. The lowest BCUT2D eigenvalue weighted by atomic mass is 10.1. The van der Waals surface area contributed by atoms with Crippen LogP contribution in [0, 0.1) is 0 Å². The number of aliphatic carboxylic acids is 1. The lowest BCUT2D eigenvalue weighted by Crippen LogP contribution is -2.33. The van der Waals surface area contributed by atoms with E-state index in [0.29, 0.717) is 0 Å². The summed E-state index contributed by atoms with van der Waals surface area (Å²) >= 11 is 0. The number of esters is 1. The van der Waals surface area contributed by atoms with E-state index >= 15 is 0 Å². The first kappa shape index (κ1) is 17.9. The minimum absolute atomic E-state index is 0.0604. The zero-order chi connectivity index (χ0) is 16.8. The molecule has 0 fully saturated rings. The van der Waals surface area contributed by atoms with Gasteiger partial charge in [-0.05, 0) is 6.07 Å². The Balaban J connectivity index is 2.84. The third-order valence-electron chi connectivity index (χ3n) is 2.75. The van der Waals surface area contributed by atoms with Crippen molar-refractivity contribution in [3.63, 3.8) is 0 Å². The zero-order valence-corrected chi connectivity index (χ0v) is 13.0. The Labute approximate surface area is 128 Å². The second-order valence-electron chi connectivity index (χ2n) is 4.37. The Morgan fingerprint density at radius 1 is 1.27 bits per heavy atom. The minimum atomic E-state index is -4.14. The summed E-state index contributed by atoms with van der Waals surface area (Å²) in [6.07, 6.45) is -0.482. The van der Waals surface area contributed by atoms with E-state index in [1.54, 1.807) is 6.07 Å². The summed E-state index contributed by atoms with van der Waals surface area (Å²) in [7, 11) is -1.69. The second-order valence-corrected chi connectivity index (χ2v) is 6.01. The van der Waals surface area contributed by atoms with Gasteiger partial charge < -0.3 is 14.0 Å². The molecule has 122 valence electrons. The van der Waals surface area contributed by atoms with Gasteiger partial charge in [0.25, 0.3) is 0 Å². The van der Waals surface area contributed by atoms with Gasteiger partial charge in [0.15, 0.2) is 0 Å². The molecule has 0 aromatic heterocycles. The van der Waals surface area contributed by atoms with Crippen molar-refractivity contribution in [3.8, 4) is 5.75 Å². The minimum Gasteiger partial charge on any atom is -0.481 e. The Morgan fingerprint density at radius 3 is 2.50 bits per heavy atom. The van der Waals surface area contributed by atoms with Gasteiger partial charge in [-0.25, -0.2) is 0 Å². The van der Waals surface area contributed by atoms with E-state index in [4.69, 9.17) is 9.29 Å². The number of hydrogen-bond acceptors (Lipinski definition) is 6. The van der Waals surface area contributed by atoms with Crippen LogP contribution in [0.2, 0.25) is 0 Å². The molecule has 0 aliphatic carbocycles. The van der Waals surface area contributed by atoms with Crippen LogP contribution in [0.5, 0.6) is 5.75 Å². The number of nitrogens with zero attached hydrogens (tertiary/aromatic N) is 1. The third-order valence-corrected chi connectivity index (χ3v) is 4.09. The lowest BCUT2D eigenvalue weighted by molar-refractivity contribution is -0.140. The number of carboxylic acids is 1. The fraction of sp³-hybridized carbons (Fsp3) is 0.385. The molecule has 1 aromatic rings. The topological polar surface area (TPSA) is 110 Å². The van der Waals surface area contributed by atoms with Crippen molar-refractivity contribution in [1.82, 2.24) is 4.31 Å². The molecule has 0 atom stereocenters. The Morgan fingerprint density at radius 2 is 1.91 bits per heavy atom. The molecular weight excluding hydrogens is 314 g/mol. The first-order valence-corrected chi connectivity index (χ1v) is 7.65. The molecule has 9 heteroatoms. The molecule has 0 saturated heterocycles. The van der Waals surface area contributed by atoms with Crippen LogP contribution in [0.1, 0.15) is 12.0 Å². The van der Waals surface area contributed by atoms with Crippen LogP contribution in [0.25, 0.3) is 0 Å². The summed E-state index contributed by atoms with van der Waals surface area (Å²) < 4.78 is 34.3. The van der Waals surface area contributed by atoms with Crippen LogP contribution in [-0.4, -0.2) is 50.5 Å². The molecule has 1 N–H and O–H groups in total. The quantitative estimate of drug-likeness (QED) is 0.688. The Bertz CT molecular complexity index is 642. The van der Waals surface area contributed by atoms with Gasteiger partial charge in [0, 0.05) is 19.2 Å². The highest BCUT2D eigenvalue weighted by molar-refractivity contribution is 7.84. The highest BCUT2D eigenvalue weighted by Crippen LogP contribution is 2.21. The van der Waals surface area contributed by atoms with Crippen molar-refractivity contribution in [3.05, 3.63) is 29.8 Å². The van der Waals surface area contributed by atoms with E-state index in [1.165, 1.54) is 32.4 Å². The number of carbonyl (C=O) groups excluding carboxylic acids is 1. The molecule has 22 heavy (non-hydrogen) atoms. The molecule has 1 rings (SSSR count). The average molecular weight is 331 g/mol. The van der Waals surface area contributed by atoms with Crippen LogP contribution in [-0.2, 0) is 31.1 Å². The smallest absolute Gasteiger partial charge is 0.384 e. The van der Waals surface area contributed by atoms with E-state index in [2.05, 4.69) is 4.74 Å². The van der Waals surface area contributed by atoms with E-state index in [1.807, 2.05) is 0 Å². The molecule has 0 aliphatic heterocycles. The van der Waals surface area contributed by atoms with Gasteiger partial charge in [-0.3, -0.25) is 9.59 Å². The molecule has 0 amide bonds. The number of methoxy groups -OCH3 is 1. The summed E-state index contributed by atoms with van der Waals surface area (Å²) in [6, 6.07) is 5.95. The van der Waals surface area contributed by atoms with E-state index in [-0.39, 0.29) is 30.7 Å². The van der Waals surface area contributed by atoms with E-state index < -0.39 is 22.2 Å². The second kappa shape index (κ2) is 7.76. The fourth-order valence-electron chi connectivity index (χ4n) is 1.53. The van der Waals surface area contributed by atoms with Crippen molar-refractivity contribution < 1.29 is 32.0 Å². The summed E-state index contributed by atoms with van der Waals surface area (Å²) in [5.41, 5.74) is 0.236. The van der Waals surface area contributed by atoms with Crippen molar-refractivity contribution >= 4 is 22.2 Å². The van der Waals surface area contributed by atoms with Gasteiger partial charge in [0.1, 0.15) is 5.75 Å². The number of para-hydroxylation sites is 1. The summed E-state index contributed by atoms with van der Waals surface area (Å²) in [6.45, 7) is -0.115. The standard InChI is InChI=1S/C13H17NO7S/c1-14(8-7-13(17)20-2)22(18,19)21-11-6-4-3-5-10(11)9-12(15)16/h3-6H,7-9H2,1-2H3,(H,15,16). The molecule has 8 nitrogen and oxygen atoms in total. The molecule has 0 radical (unpaired) electrons. The average Bonchev–Trinajstić information content (AvgIpc) is 2.45. The SMILES string of the molecule is COC(=O)CCN(C)S(=O)(=O)Oc1ccccc1CC(=O)O. The number of hydrogen-bond donors (Lipinski definition) is 1. The zero-order valence-electron chi connectivity index (χ0n) is 12.2. The number of ether oxygens (including phenoxy) is 1. The Kier molecular flexibility index (Phi) is 6.32. The van der Waals surface area contributed by atoms with Crippen molar-refractivity contribution in [1.29, 1.82) is 0 Å². The van der Waals surface area contributed by atoms with Crippen LogP contribution in [0.4, 0.5) is 0 Å². The predicted molar refractivity (Wildman–Crippen MR) is 76.6 cm³/mol. The van der Waals surface area contributed by atoms with Gasteiger partial charge in [-0.15, -0.1) is 0 Å². The number of carboxylic acid groups (broad SMARTS) is 1. The molecule has 0 heterocycles. The van der Waals surface area contributed by atoms with Gasteiger partial charge in [-0.1, -0.05) is 18.2 Å². The van der Waals surface area contributed by atoms with Crippen LogP contribution in [0.15, 0.2) is 24.3 Å². The van der Waals surface area contributed by atoms with Crippen molar-refractivity contribution in [2.75, 3.05) is 20.7 Å². The third kappa shape index (κ3) is 5.34. The number of benzene rings is 1. The van der Waals surface area contributed by atoms with Crippen molar-refractivity contribution in [2.24, 2.45) is 0 Å². The van der Waals surface area contributed by atoms with E-state index in [9.17, 15) is 18.0 Å². The molecule has 0 saturated carbocycles. The van der Waals surface area contributed by atoms with Crippen LogP contribution >= 0.6 is 0 Å². The fourth-order valence-corrected chi connectivity index (χ4v) is 2.37. The van der Waals surface area contributed by atoms with E-state index in [0.717, 1.165) is 4.31 Å². The number of carbonyl (C=O) groups is 2. The molecule has 0 bridgehead atoms. The predicted octanol–water partition coefficient (Wildman–Crippen LogP) is 0.432. The van der Waals surface area contributed by atoms with Crippen molar-refractivity contribution in [2.45, 2.75) is 12.8 Å². The first-order chi connectivity index (χ1) is 10.3. The number of rotatable bonds is 8. The Hall–Kier alpha value is -2.13. The molecule has 1 aromatic carbocycles. The molecule has 0 aliphatic rings. The largest absolute Gasteiger partial charge is 0.481 e. The maximum absolute atomic E-state index is 12.0.